The van der Waals surface area contributed by atoms with Crippen LogP contribution in [0.1, 0.15) is 63.4 Å². The van der Waals surface area contributed by atoms with Crippen LogP contribution in [0.5, 0.6) is 0 Å². The molecular formula is C28H37F2N5O. The number of halogens is 2. The number of rotatable bonds is 8. The number of azo groups is 1. The first-order valence-corrected chi connectivity index (χ1v) is 12.8. The molecule has 0 aliphatic heterocycles. The fourth-order valence-electron chi connectivity index (χ4n) is 5.14. The average Bonchev–Trinajstić information content (AvgIpc) is 3.18. The summed E-state index contributed by atoms with van der Waals surface area (Å²) >= 11 is 0. The number of benzene rings is 1. The van der Waals surface area contributed by atoms with Gasteiger partial charge in [-0.25, -0.2) is 8.78 Å². The van der Waals surface area contributed by atoms with Crippen LogP contribution < -0.4 is 0 Å². The Labute approximate surface area is 212 Å². The SMILES string of the molecule is CC.CCN=N/C(=C\C1C2CCC(CN(CC)C(=O)c3cnn(C)c3)=CC12C)c1c(F)cccc1F. The average molecular weight is 498 g/mol. The van der Waals surface area contributed by atoms with Crippen molar-refractivity contribution in [2.75, 3.05) is 19.6 Å². The molecule has 1 aromatic carbocycles. The molecule has 3 unspecified atom stereocenters. The van der Waals surface area contributed by atoms with E-state index in [1.807, 2.05) is 38.7 Å². The van der Waals surface area contributed by atoms with Crippen molar-refractivity contribution in [3.8, 4) is 0 Å². The molecular weight excluding hydrogens is 460 g/mol. The molecule has 1 amide bonds. The zero-order valence-electron chi connectivity index (χ0n) is 22.1. The van der Waals surface area contributed by atoms with Gasteiger partial charge in [0.15, 0.2) is 0 Å². The summed E-state index contributed by atoms with van der Waals surface area (Å²) in [6, 6.07) is 3.83. The Morgan fingerprint density at radius 2 is 1.97 bits per heavy atom. The maximum atomic E-state index is 14.5. The number of aryl methyl sites for hydroxylation is 1. The standard InChI is InChI=1S/C26H31F2N5O.C2H6/c1-5-29-31-23(24-21(27)8-7-9-22(24)28)12-20-19-11-10-17(13-26(19,20)3)15-33(6-2)25(34)18-14-30-32(4)16-18;1-2/h7-9,12-14,16,19-20H,5-6,10-11,15H2,1-4H3;1-2H3/b23-12-,31-29?;. The second kappa shape index (κ2) is 11.7. The highest BCUT2D eigenvalue weighted by Gasteiger charge is 2.59. The Kier molecular flexibility index (Phi) is 8.93. The molecule has 1 heterocycles. The van der Waals surface area contributed by atoms with E-state index in [0.29, 0.717) is 31.1 Å². The van der Waals surface area contributed by atoms with Gasteiger partial charge in [0, 0.05) is 26.3 Å². The highest BCUT2D eigenvalue weighted by atomic mass is 19.1. The molecule has 0 N–H and O–H groups in total. The molecule has 1 fully saturated rings. The quantitative estimate of drug-likeness (QED) is 0.302. The minimum Gasteiger partial charge on any atom is -0.335 e. The summed E-state index contributed by atoms with van der Waals surface area (Å²) < 4.78 is 30.6. The van der Waals surface area contributed by atoms with Gasteiger partial charge in [0.25, 0.3) is 5.91 Å². The zero-order chi connectivity index (χ0) is 26.5. The van der Waals surface area contributed by atoms with Crippen LogP contribution in [0.4, 0.5) is 8.78 Å². The summed E-state index contributed by atoms with van der Waals surface area (Å²) in [7, 11) is 1.79. The highest BCUT2D eigenvalue weighted by molar-refractivity contribution is 5.93. The number of likely N-dealkylation sites (N-methyl/N-ethyl adjacent to an activating group) is 1. The lowest BCUT2D eigenvalue weighted by atomic mass is 9.91. The van der Waals surface area contributed by atoms with Crippen LogP contribution in [0.3, 0.4) is 0 Å². The first-order valence-electron chi connectivity index (χ1n) is 12.8. The predicted octanol–water partition coefficient (Wildman–Crippen LogP) is 6.67. The number of carbonyl (C=O) groups is 1. The van der Waals surface area contributed by atoms with Crippen molar-refractivity contribution >= 4 is 11.6 Å². The lowest BCUT2D eigenvalue weighted by molar-refractivity contribution is 0.0776. The van der Waals surface area contributed by atoms with Crippen molar-refractivity contribution < 1.29 is 13.6 Å². The fraction of sp³-hybridized carbons (Fsp3) is 0.500. The molecule has 2 aliphatic carbocycles. The van der Waals surface area contributed by atoms with E-state index in [2.05, 4.69) is 28.3 Å². The van der Waals surface area contributed by atoms with Crippen LogP contribution in [-0.4, -0.2) is 40.2 Å². The number of hydrogen-bond acceptors (Lipinski definition) is 4. The molecule has 2 aliphatic rings. The van der Waals surface area contributed by atoms with E-state index in [9.17, 15) is 13.6 Å². The van der Waals surface area contributed by atoms with Gasteiger partial charge < -0.3 is 4.90 Å². The summed E-state index contributed by atoms with van der Waals surface area (Å²) in [6.45, 7) is 11.6. The van der Waals surface area contributed by atoms with Gasteiger partial charge in [-0.15, -0.1) is 0 Å². The smallest absolute Gasteiger partial charge is 0.257 e. The Morgan fingerprint density at radius 3 is 2.56 bits per heavy atom. The third-order valence-corrected chi connectivity index (χ3v) is 7.02. The molecule has 36 heavy (non-hydrogen) atoms. The monoisotopic (exact) mass is 497 g/mol. The molecule has 4 rings (SSSR count). The Morgan fingerprint density at radius 1 is 1.28 bits per heavy atom. The van der Waals surface area contributed by atoms with Crippen molar-refractivity contribution in [2.45, 2.75) is 47.5 Å². The lowest BCUT2D eigenvalue weighted by Crippen LogP contribution is -2.33. The van der Waals surface area contributed by atoms with E-state index in [0.717, 1.165) is 12.8 Å². The number of nitrogens with zero attached hydrogens (tertiary/aromatic N) is 5. The summed E-state index contributed by atoms with van der Waals surface area (Å²) in [5, 5.41) is 12.3. The van der Waals surface area contributed by atoms with Crippen molar-refractivity contribution in [3.05, 3.63) is 71.1 Å². The van der Waals surface area contributed by atoms with Gasteiger partial charge in [0.2, 0.25) is 0 Å². The number of hydrogen-bond donors (Lipinski definition) is 0. The molecule has 8 heteroatoms. The van der Waals surface area contributed by atoms with E-state index in [-0.39, 0.29) is 28.5 Å². The van der Waals surface area contributed by atoms with Crippen LogP contribution in [0, 0.1) is 28.9 Å². The van der Waals surface area contributed by atoms with E-state index >= 15 is 0 Å². The van der Waals surface area contributed by atoms with Gasteiger partial charge in [-0.2, -0.15) is 15.3 Å². The van der Waals surface area contributed by atoms with E-state index in [4.69, 9.17) is 0 Å². The lowest BCUT2D eigenvalue weighted by Gasteiger charge is -2.25. The van der Waals surface area contributed by atoms with Gasteiger partial charge in [0.1, 0.15) is 11.6 Å². The molecule has 1 saturated carbocycles. The maximum Gasteiger partial charge on any atom is 0.257 e. The Bertz CT molecular complexity index is 1150. The van der Waals surface area contributed by atoms with Gasteiger partial charge in [-0.05, 0) is 56.1 Å². The van der Waals surface area contributed by atoms with Gasteiger partial charge in [-0.1, -0.05) is 44.6 Å². The van der Waals surface area contributed by atoms with Crippen LogP contribution in [0.15, 0.2) is 58.5 Å². The van der Waals surface area contributed by atoms with Gasteiger partial charge in [0.05, 0.1) is 29.6 Å². The van der Waals surface area contributed by atoms with Gasteiger partial charge in [-0.3, -0.25) is 9.48 Å². The Balaban J connectivity index is 0.00000176. The molecule has 6 nitrogen and oxygen atoms in total. The summed E-state index contributed by atoms with van der Waals surface area (Å²) in [4.78, 5) is 14.7. The Hall–Kier alpha value is -3.16. The molecule has 0 saturated heterocycles. The number of amides is 1. The zero-order valence-corrected chi connectivity index (χ0v) is 22.1. The van der Waals surface area contributed by atoms with Crippen molar-refractivity contribution in [3.63, 3.8) is 0 Å². The van der Waals surface area contributed by atoms with Crippen LogP contribution in [0.2, 0.25) is 0 Å². The molecule has 1 aromatic heterocycles. The van der Waals surface area contributed by atoms with Crippen LogP contribution >= 0.6 is 0 Å². The fourth-order valence-corrected chi connectivity index (χ4v) is 5.14. The molecule has 0 bridgehead atoms. The van der Waals surface area contributed by atoms with Crippen molar-refractivity contribution in [1.82, 2.24) is 14.7 Å². The minimum atomic E-state index is -0.640. The number of fused-ring (bicyclic) bond motifs is 1. The van der Waals surface area contributed by atoms with Crippen molar-refractivity contribution in [2.24, 2.45) is 34.5 Å². The number of carbonyl (C=O) groups excluding carboxylic acids is 1. The third-order valence-electron chi connectivity index (χ3n) is 7.02. The second-order valence-corrected chi connectivity index (χ2v) is 9.27. The maximum absolute atomic E-state index is 14.5. The molecule has 194 valence electrons. The molecule has 0 radical (unpaired) electrons. The van der Waals surface area contributed by atoms with Gasteiger partial charge >= 0.3 is 0 Å². The predicted molar refractivity (Wildman–Crippen MR) is 138 cm³/mol. The summed E-state index contributed by atoms with van der Waals surface area (Å²) in [5.41, 5.74) is 1.78. The van der Waals surface area contributed by atoms with E-state index in [1.54, 1.807) is 24.1 Å². The van der Waals surface area contributed by atoms with Crippen molar-refractivity contribution in [1.29, 1.82) is 0 Å². The van der Waals surface area contributed by atoms with Crippen LogP contribution in [-0.2, 0) is 7.05 Å². The largest absolute Gasteiger partial charge is 0.335 e. The summed E-state index contributed by atoms with van der Waals surface area (Å²) in [5.74, 6) is -0.827. The number of aromatic nitrogens is 2. The molecule has 0 spiro atoms. The van der Waals surface area contributed by atoms with E-state index < -0.39 is 11.6 Å². The van der Waals surface area contributed by atoms with E-state index in [1.165, 1.54) is 23.8 Å². The topological polar surface area (TPSA) is 62.9 Å². The molecule has 3 atom stereocenters. The highest BCUT2D eigenvalue weighted by Crippen LogP contribution is 2.65. The molecule has 2 aromatic rings. The van der Waals surface area contributed by atoms with Crippen LogP contribution in [0.25, 0.3) is 5.70 Å². The number of allylic oxidation sites excluding steroid dienone is 2. The minimum absolute atomic E-state index is 0.0340. The third kappa shape index (κ3) is 5.63. The first kappa shape index (κ1) is 27.4. The first-order chi connectivity index (χ1) is 17.3. The summed E-state index contributed by atoms with van der Waals surface area (Å²) in [6.07, 6.45) is 9.30. The second-order valence-electron chi connectivity index (χ2n) is 9.27. The normalized spacial score (nSPS) is 23.0.